The molecule has 1 N–H and O–H groups in total. The van der Waals surface area contributed by atoms with Crippen molar-refractivity contribution in [3.05, 3.63) is 0 Å². The van der Waals surface area contributed by atoms with Gasteiger partial charge in [-0.05, 0) is 44.9 Å². The van der Waals surface area contributed by atoms with Gasteiger partial charge < -0.3 is 10.2 Å². The summed E-state index contributed by atoms with van der Waals surface area (Å²) in [5.74, 6) is 0.527. The molecule has 1 aliphatic heterocycles. The van der Waals surface area contributed by atoms with Crippen LogP contribution in [-0.4, -0.2) is 34.3 Å². The van der Waals surface area contributed by atoms with Gasteiger partial charge in [0.2, 0.25) is 11.8 Å². The number of hydrogen-bond acceptors (Lipinski definition) is 2. The summed E-state index contributed by atoms with van der Waals surface area (Å²) in [7, 11) is 0. The van der Waals surface area contributed by atoms with Gasteiger partial charge in [-0.25, -0.2) is 0 Å². The Morgan fingerprint density at radius 1 is 1.20 bits per heavy atom. The van der Waals surface area contributed by atoms with Crippen LogP contribution in [0.3, 0.4) is 0 Å². The molecule has 0 aromatic heterocycles. The molecule has 0 aromatic rings. The molecule has 1 saturated carbocycles. The molecule has 2 amide bonds. The van der Waals surface area contributed by atoms with Crippen LogP contribution in [0.2, 0.25) is 0 Å². The fourth-order valence-corrected chi connectivity index (χ4v) is 3.42. The Hall–Kier alpha value is -1.06. The lowest BCUT2D eigenvalue weighted by Crippen LogP contribution is -2.75. The zero-order valence-corrected chi connectivity index (χ0v) is 13.3. The van der Waals surface area contributed by atoms with Gasteiger partial charge in [0.1, 0.15) is 11.1 Å². The van der Waals surface area contributed by atoms with E-state index in [9.17, 15) is 9.59 Å². The van der Waals surface area contributed by atoms with Crippen molar-refractivity contribution in [3.63, 3.8) is 0 Å². The third-order valence-electron chi connectivity index (χ3n) is 5.34. The van der Waals surface area contributed by atoms with Crippen LogP contribution in [0, 0.1) is 5.92 Å². The first-order valence-corrected chi connectivity index (χ1v) is 8.11. The maximum Gasteiger partial charge on any atom is 0.249 e. The Morgan fingerprint density at radius 2 is 1.80 bits per heavy atom. The Bertz CT molecular complexity index is 399. The maximum atomic E-state index is 13.0. The van der Waals surface area contributed by atoms with Crippen LogP contribution in [0.25, 0.3) is 0 Å². The minimum atomic E-state index is -0.681. The van der Waals surface area contributed by atoms with Gasteiger partial charge in [0.05, 0.1) is 0 Å². The van der Waals surface area contributed by atoms with Gasteiger partial charge in [0.25, 0.3) is 0 Å². The van der Waals surface area contributed by atoms with Crippen LogP contribution in [0.1, 0.15) is 66.2 Å². The molecule has 0 spiro atoms. The number of nitrogens with zero attached hydrogens (tertiary/aromatic N) is 1. The minimum Gasteiger partial charge on any atom is -0.340 e. The number of rotatable bonds is 6. The van der Waals surface area contributed by atoms with E-state index < -0.39 is 11.1 Å². The van der Waals surface area contributed by atoms with E-state index in [0.717, 1.165) is 25.7 Å². The molecule has 1 aliphatic carbocycles. The molecule has 0 aromatic carbocycles. The molecule has 2 rings (SSSR count). The van der Waals surface area contributed by atoms with Crippen molar-refractivity contribution in [1.29, 1.82) is 0 Å². The highest BCUT2D eigenvalue weighted by molar-refractivity contribution is 6.02. The fraction of sp³-hybridized carbons (Fsp3) is 0.875. The van der Waals surface area contributed by atoms with Crippen molar-refractivity contribution in [1.82, 2.24) is 10.2 Å². The summed E-state index contributed by atoms with van der Waals surface area (Å²) >= 11 is 0. The normalized spacial score (nSPS) is 29.5. The number of nitrogens with one attached hydrogen (secondary N) is 1. The van der Waals surface area contributed by atoms with E-state index in [1.165, 1.54) is 0 Å². The second kappa shape index (κ2) is 5.38. The van der Waals surface area contributed by atoms with Crippen LogP contribution < -0.4 is 5.32 Å². The SMILES string of the molecule is CCCCN1C(=O)C(CC)(CC)NC(=O)C1(C)C1CC1. The van der Waals surface area contributed by atoms with E-state index in [4.69, 9.17) is 0 Å². The van der Waals surface area contributed by atoms with Gasteiger partial charge in [-0.1, -0.05) is 27.2 Å². The third-order valence-corrected chi connectivity index (χ3v) is 5.34. The topological polar surface area (TPSA) is 49.4 Å². The zero-order valence-electron chi connectivity index (χ0n) is 13.3. The fourth-order valence-electron chi connectivity index (χ4n) is 3.42. The number of hydrogen-bond donors (Lipinski definition) is 1. The molecule has 1 saturated heterocycles. The van der Waals surface area contributed by atoms with Crippen molar-refractivity contribution in [3.8, 4) is 0 Å². The summed E-state index contributed by atoms with van der Waals surface area (Å²) < 4.78 is 0. The van der Waals surface area contributed by atoms with E-state index >= 15 is 0 Å². The predicted octanol–water partition coefficient (Wildman–Crippen LogP) is 2.47. The zero-order chi connectivity index (χ0) is 15.0. The van der Waals surface area contributed by atoms with Crippen LogP contribution in [-0.2, 0) is 9.59 Å². The van der Waals surface area contributed by atoms with E-state index in [1.54, 1.807) is 0 Å². The van der Waals surface area contributed by atoms with E-state index in [0.29, 0.717) is 25.3 Å². The van der Waals surface area contributed by atoms with Gasteiger partial charge in [-0.15, -0.1) is 0 Å². The molecule has 114 valence electrons. The molecule has 2 aliphatic rings. The monoisotopic (exact) mass is 280 g/mol. The molecule has 4 heteroatoms. The van der Waals surface area contributed by atoms with Crippen molar-refractivity contribution in [2.75, 3.05) is 6.54 Å². The van der Waals surface area contributed by atoms with Gasteiger partial charge in [0, 0.05) is 6.54 Å². The lowest BCUT2D eigenvalue weighted by Gasteiger charge is -2.51. The Balaban J connectivity index is 2.36. The standard InChI is InChI=1S/C16H28N2O2/c1-5-8-11-18-14(20)16(6-2,7-3)17-13(19)15(18,4)12-9-10-12/h12H,5-11H2,1-4H3,(H,17,19). The Morgan fingerprint density at radius 3 is 2.25 bits per heavy atom. The van der Waals surface area contributed by atoms with E-state index in [-0.39, 0.29) is 11.8 Å². The molecular weight excluding hydrogens is 252 g/mol. The number of carbonyl (C=O) groups excluding carboxylic acids is 2. The molecule has 1 atom stereocenters. The summed E-state index contributed by atoms with van der Waals surface area (Å²) in [6.45, 7) is 8.76. The van der Waals surface area contributed by atoms with Gasteiger partial charge in [-0.2, -0.15) is 0 Å². The molecule has 1 unspecified atom stereocenters. The lowest BCUT2D eigenvalue weighted by molar-refractivity contribution is -0.164. The van der Waals surface area contributed by atoms with Crippen LogP contribution in [0.15, 0.2) is 0 Å². The maximum absolute atomic E-state index is 13.0. The van der Waals surface area contributed by atoms with Crippen LogP contribution >= 0.6 is 0 Å². The highest BCUT2D eigenvalue weighted by Crippen LogP contribution is 2.46. The minimum absolute atomic E-state index is 0.0550. The summed E-state index contributed by atoms with van der Waals surface area (Å²) in [5.41, 5.74) is -1.31. The molecule has 0 bridgehead atoms. The van der Waals surface area contributed by atoms with Gasteiger partial charge >= 0.3 is 0 Å². The smallest absolute Gasteiger partial charge is 0.249 e. The second-order valence-corrected chi connectivity index (χ2v) is 6.48. The molecular formula is C16H28N2O2. The average Bonchev–Trinajstić information content (AvgIpc) is 3.28. The first kappa shape index (κ1) is 15.3. The third kappa shape index (κ3) is 2.13. The van der Waals surface area contributed by atoms with Crippen LogP contribution in [0.4, 0.5) is 0 Å². The number of unbranched alkanes of at least 4 members (excludes halogenated alkanes) is 1. The van der Waals surface area contributed by atoms with Crippen molar-refractivity contribution < 1.29 is 9.59 Å². The molecule has 1 heterocycles. The highest BCUT2D eigenvalue weighted by Gasteiger charge is 2.60. The average molecular weight is 280 g/mol. The molecule has 20 heavy (non-hydrogen) atoms. The summed E-state index contributed by atoms with van der Waals surface area (Å²) in [4.78, 5) is 27.7. The Labute approximate surface area is 122 Å². The quantitative estimate of drug-likeness (QED) is 0.812. The van der Waals surface area contributed by atoms with Crippen molar-refractivity contribution in [2.45, 2.75) is 77.3 Å². The number of amides is 2. The predicted molar refractivity (Wildman–Crippen MR) is 79.2 cm³/mol. The summed E-state index contributed by atoms with van der Waals surface area (Å²) in [5, 5.41) is 3.07. The Kier molecular flexibility index (Phi) is 4.12. The van der Waals surface area contributed by atoms with E-state index in [1.807, 2.05) is 25.7 Å². The number of carbonyl (C=O) groups is 2. The van der Waals surface area contributed by atoms with Crippen molar-refractivity contribution in [2.24, 2.45) is 5.92 Å². The van der Waals surface area contributed by atoms with E-state index in [2.05, 4.69) is 12.2 Å². The second-order valence-electron chi connectivity index (χ2n) is 6.48. The van der Waals surface area contributed by atoms with Gasteiger partial charge in [0.15, 0.2) is 0 Å². The summed E-state index contributed by atoms with van der Waals surface area (Å²) in [6.07, 6.45) is 5.45. The summed E-state index contributed by atoms with van der Waals surface area (Å²) in [6, 6.07) is 0. The molecule has 2 fully saturated rings. The largest absolute Gasteiger partial charge is 0.340 e. The lowest BCUT2D eigenvalue weighted by atomic mass is 9.80. The number of piperazine rings is 1. The highest BCUT2D eigenvalue weighted by atomic mass is 16.2. The molecule has 0 radical (unpaired) electrons. The first-order chi connectivity index (χ1) is 9.46. The van der Waals surface area contributed by atoms with Crippen LogP contribution in [0.5, 0.6) is 0 Å². The first-order valence-electron chi connectivity index (χ1n) is 8.11. The van der Waals surface area contributed by atoms with Crippen molar-refractivity contribution >= 4 is 11.8 Å². The molecule has 4 nitrogen and oxygen atoms in total. The van der Waals surface area contributed by atoms with Gasteiger partial charge in [-0.3, -0.25) is 9.59 Å².